The van der Waals surface area contributed by atoms with Crippen LogP contribution in [0.5, 0.6) is 11.5 Å². The molecule has 0 saturated heterocycles. The predicted molar refractivity (Wildman–Crippen MR) is 170 cm³/mol. The number of halogens is 5. The second kappa shape index (κ2) is 11.9. The number of methoxy groups -OCH3 is 2. The van der Waals surface area contributed by atoms with Crippen molar-refractivity contribution >= 4 is 76.2 Å². The number of ether oxygens (including phenoxy) is 2. The van der Waals surface area contributed by atoms with E-state index < -0.39 is 30.5 Å². The number of nitrogens with zero attached hydrogens (tertiary/aromatic N) is 2. The third-order valence-corrected chi connectivity index (χ3v) is 8.99. The van der Waals surface area contributed by atoms with Crippen LogP contribution < -0.4 is 19.4 Å². The molecule has 1 aliphatic rings. The lowest BCUT2D eigenvalue weighted by molar-refractivity contribution is -0.0695. The average Bonchev–Trinajstić information content (AvgIpc) is 3.74. The highest BCUT2D eigenvalue weighted by atomic mass is 32.1. The minimum atomic E-state index is -4.93. The molecule has 0 N–H and O–H groups in total. The molecule has 0 atom stereocenters. The highest BCUT2D eigenvalue weighted by Crippen LogP contribution is 2.42. The van der Waals surface area contributed by atoms with E-state index in [1.807, 2.05) is 48.6 Å². The summed E-state index contributed by atoms with van der Waals surface area (Å²) in [6, 6.07) is 19.0. The van der Waals surface area contributed by atoms with Crippen LogP contribution in [0.3, 0.4) is 0 Å². The molecule has 0 amide bonds. The van der Waals surface area contributed by atoms with Gasteiger partial charge < -0.3 is 14.0 Å². The van der Waals surface area contributed by atoms with Gasteiger partial charge in [-0.15, -0.1) is 22.7 Å². The summed E-state index contributed by atoms with van der Waals surface area (Å²) in [6.07, 6.45) is 3.65. The number of hydrogen-bond acceptors (Lipinski definition) is 5. The first-order chi connectivity index (χ1) is 21.1. The topological polar surface area (TPSA) is 35.8 Å². The Bertz CT molecular complexity index is 2020. The maximum Gasteiger partial charge on any atom is 0.678 e. The van der Waals surface area contributed by atoms with E-state index in [-0.39, 0.29) is 5.52 Å². The second-order valence-corrected chi connectivity index (χ2v) is 11.9. The van der Waals surface area contributed by atoms with Crippen molar-refractivity contribution in [2.75, 3.05) is 14.2 Å². The van der Waals surface area contributed by atoms with Crippen molar-refractivity contribution in [3.8, 4) is 11.5 Å². The molecular formula is C32H22BF5N2O2S2. The number of rotatable bonds is 8. The number of aromatic nitrogens is 1. The number of alkyl halides is 3. The van der Waals surface area contributed by atoms with Crippen LogP contribution in [0.1, 0.15) is 26.6 Å². The molecule has 4 nitrogen and oxygen atoms in total. The van der Waals surface area contributed by atoms with Gasteiger partial charge >= 0.3 is 13.6 Å². The molecule has 12 heteroatoms. The van der Waals surface area contributed by atoms with Gasteiger partial charge in [0.15, 0.2) is 0 Å². The van der Waals surface area contributed by atoms with Crippen molar-refractivity contribution in [2.45, 2.75) is 6.18 Å². The van der Waals surface area contributed by atoms with Gasteiger partial charge in [0.25, 0.3) is 0 Å². The quantitative estimate of drug-likeness (QED) is 0.127. The smallest absolute Gasteiger partial charge is 0.497 e. The Labute approximate surface area is 257 Å². The first kappa shape index (κ1) is 29.6. The summed E-state index contributed by atoms with van der Waals surface area (Å²) in [6.45, 7) is 0. The fourth-order valence-electron chi connectivity index (χ4n) is 4.82. The lowest BCUT2D eigenvalue weighted by Gasteiger charge is -2.15. The highest BCUT2D eigenvalue weighted by molar-refractivity contribution is 7.20. The van der Waals surface area contributed by atoms with Gasteiger partial charge in [0.1, 0.15) is 17.1 Å². The van der Waals surface area contributed by atoms with E-state index in [0.717, 1.165) is 33.1 Å². The molecule has 4 heterocycles. The zero-order chi connectivity index (χ0) is 31.0. The van der Waals surface area contributed by atoms with Gasteiger partial charge in [-0.05, 0) is 71.8 Å². The molecule has 0 aliphatic carbocycles. The van der Waals surface area contributed by atoms with Crippen molar-refractivity contribution in [1.82, 2.24) is 4.48 Å². The second-order valence-electron chi connectivity index (χ2n) is 9.70. The summed E-state index contributed by atoms with van der Waals surface area (Å²) >= 11 is 2.41. The van der Waals surface area contributed by atoms with E-state index in [2.05, 4.69) is 4.99 Å². The number of thiophene rings is 2. The summed E-state index contributed by atoms with van der Waals surface area (Å²) in [5.74, 6) is 1.42. The minimum Gasteiger partial charge on any atom is -0.497 e. The fraction of sp³-hybridized carbons (Fsp3) is 0.0938. The van der Waals surface area contributed by atoms with Crippen molar-refractivity contribution < 1.29 is 31.3 Å². The maximum absolute atomic E-state index is 14.5. The van der Waals surface area contributed by atoms with E-state index >= 15 is 0 Å². The molecule has 0 radical (unpaired) electrons. The van der Waals surface area contributed by atoms with E-state index in [4.69, 9.17) is 9.47 Å². The highest BCUT2D eigenvalue weighted by Gasteiger charge is 2.42. The Morgan fingerprint density at radius 3 is 1.86 bits per heavy atom. The lowest BCUT2D eigenvalue weighted by atomic mass is 10.1. The molecule has 3 aromatic heterocycles. The summed E-state index contributed by atoms with van der Waals surface area (Å²) in [4.78, 5) is 5.65. The van der Waals surface area contributed by atoms with Crippen LogP contribution >= 0.6 is 22.7 Å². The third kappa shape index (κ3) is 6.00. The van der Waals surface area contributed by atoms with Crippen molar-refractivity contribution in [1.29, 1.82) is 0 Å². The zero-order valence-electron chi connectivity index (χ0n) is 23.2. The zero-order valence-corrected chi connectivity index (χ0v) is 24.9. The average molecular weight is 636 g/mol. The predicted octanol–water partition coefficient (Wildman–Crippen LogP) is 8.28. The molecule has 1 aliphatic heterocycles. The standard InChI is InChI=1S/C32H22BF5N2O2S2/c1-41-21-9-3-19(4-10-21)7-13-23-15-25-29(43-23)17-26(39-25)31(32(34,35)36)28-18-30-27(40(28)33(37)38)16-24(44-30)14-8-20-5-11-22(42-2)12-6-20/h3-18H,1-2H3/b13-7+,14-8+,31-26+. The maximum atomic E-state index is 14.5. The number of allylic oxidation sites excluding steroid dienone is 2. The molecule has 0 spiro atoms. The fourth-order valence-corrected chi connectivity index (χ4v) is 6.76. The first-order valence-corrected chi connectivity index (χ1v) is 14.9. The van der Waals surface area contributed by atoms with Gasteiger partial charge in [-0.3, -0.25) is 8.63 Å². The van der Waals surface area contributed by atoms with E-state index in [1.165, 1.54) is 29.5 Å². The van der Waals surface area contributed by atoms with Crippen LogP contribution in [-0.4, -0.2) is 32.3 Å². The Morgan fingerprint density at radius 2 is 1.36 bits per heavy atom. The molecular weight excluding hydrogens is 614 g/mol. The SMILES string of the molecule is COc1ccc(/C=C/c2cc3c(s2)=C/C(=C(/c2cc4sc(/C=C/c5ccc(OC)cc5)cc4n2B(F)F)C(F)(F)F)N=3)cc1. The van der Waals surface area contributed by atoms with Crippen molar-refractivity contribution in [3.05, 3.63) is 109 Å². The Hall–Kier alpha value is -4.42. The third-order valence-electron chi connectivity index (χ3n) is 6.92. The summed E-state index contributed by atoms with van der Waals surface area (Å²) in [5, 5.41) is 0.365. The van der Waals surface area contributed by atoms with Gasteiger partial charge in [0.05, 0.1) is 40.0 Å². The first-order valence-electron chi connectivity index (χ1n) is 13.2. The van der Waals surface area contributed by atoms with E-state index in [0.29, 0.717) is 29.7 Å². The Morgan fingerprint density at radius 1 is 0.795 bits per heavy atom. The van der Waals surface area contributed by atoms with Crippen molar-refractivity contribution in [3.63, 3.8) is 0 Å². The summed E-state index contributed by atoms with van der Waals surface area (Å²) in [7, 11) is -0.0515. The monoisotopic (exact) mass is 636 g/mol. The van der Waals surface area contributed by atoms with E-state index in [9.17, 15) is 21.8 Å². The van der Waals surface area contributed by atoms with Crippen LogP contribution in [0.4, 0.5) is 21.8 Å². The molecule has 222 valence electrons. The molecule has 6 rings (SSSR count). The van der Waals surface area contributed by atoms with Crippen LogP contribution in [0.15, 0.2) is 77.4 Å². The van der Waals surface area contributed by atoms with Gasteiger partial charge in [0.2, 0.25) is 0 Å². The summed E-state index contributed by atoms with van der Waals surface area (Å²) < 4.78 is 83.9. The van der Waals surface area contributed by atoms with Crippen LogP contribution in [-0.2, 0) is 0 Å². The largest absolute Gasteiger partial charge is 0.678 e. The Kier molecular flexibility index (Phi) is 8.04. The normalized spacial score (nSPS) is 14.2. The number of fused-ring (bicyclic) bond motifs is 2. The van der Waals surface area contributed by atoms with Gasteiger partial charge in [-0.25, -0.2) is 4.99 Å². The lowest BCUT2D eigenvalue weighted by Crippen LogP contribution is -2.21. The van der Waals surface area contributed by atoms with Crippen LogP contribution in [0.2, 0.25) is 0 Å². The van der Waals surface area contributed by atoms with Gasteiger partial charge in [0, 0.05) is 15.4 Å². The molecule has 0 saturated carbocycles. The molecule has 0 unspecified atom stereocenters. The summed E-state index contributed by atoms with van der Waals surface area (Å²) in [5.41, 5.74) is -0.408. The molecule has 0 bridgehead atoms. The molecule has 44 heavy (non-hydrogen) atoms. The molecule has 0 fully saturated rings. The Balaban J connectivity index is 1.34. The van der Waals surface area contributed by atoms with E-state index in [1.54, 1.807) is 44.6 Å². The van der Waals surface area contributed by atoms with Crippen LogP contribution in [0.25, 0.3) is 46.2 Å². The van der Waals surface area contributed by atoms with Crippen molar-refractivity contribution in [2.24, 2.45) is 4.99 Å². The van der Waals surface area contributed by atoms with Gasteiger partial charge in [-0.1, -0.05) is 36.4 Å². The van der Waals surface area contributed by atoms with Gasteiger partial charge in [-0.2, -0.15) is 13.2 Å². The molecule has 5 aromatic rings. The number of hydrogen-bond donors (Lipinski definition) is 0. The molecule has 2 aromatic carbocycles. The van der Waals surface area contributed by atoms with Crippen LogP contribution in [0, 0.1) is 0 Å². The number of benzene rings is 2. The minimum absolute atomic E-state index is 0.0236.